The van der Waals surface area contributed by atoms with Crippen LogP contribution in [0.1, 0.15) is 35.8 Å². The van der Waals surface area contributed by atoms with Gasteiger partial charge in [0.25, 0.3) is 0 Å². The molecule has 1 aliphatic heterocycles. The van der Waals surface area contributed by atoms with Crippen LogP contribution in [0, 0.1) is 0 Å². The van der Waals surface area contributed by atoms with E-state index in [4.69, 9.17) is 5.10 Å². The number of pyridine rings is 1. The molecular weight excluding hydrogens is 454 g/mol. The monoisotopic (exact) mass is 479 g/mol. The molecule has 1 aromatic carbocycles. The van der Waals surface area contributed by atoms with Crippen LogP contribution in [0.15, 0.2) is 55.0 Å². The van der Waals surface area contributed by atoms with Crippen molar-refractivity contribution < 1.29 is 4.79 Å². The summed E-state index contributed by atoms with van der Waals surface area (Å²) >= 11 is 0. The summed E-state index contributed by atoms with van der Waals surface area (Å²) in [6.45, 7) is 4.91. The van der Waals surface area contributed by atoms with E-state index in [-0.39, 0.29) is 6.04 Å². The Labute approximate surface area is 207 Å². The number of carbonyl (C=O) groups excluding carboxylic acids is 1. The largest absolute Gasteiger partial charge is 0.385 e. The Morgan fingerprint density at radius 2 is 1.97 bits per heavy atom. The quantitative estimate of drug-likeness (QED) is 0.362. The van der Waals surface area contributed by atoms with Crippen molar-refractivity contribution in [2.45, 2.75) is 26.3 Å². The molecule has 36 heavy (non-hydrogen) atoms. The van der Waals surface area contributed by atoms with Crippen LogP contribution in [0.25, 0.3) is 28.3 Å². The first kappa shape index (κ1) is 21.9. The minimum absolute atomic E-state index is 0.209. The van der Waals surface area contributed by atoms with Crippen LogP contribution in [0.5, 0.6) is 0 Å². The van der Waals surface area contributed by atoms with E-state index in [0.29, 0.717) is 5.56 Å². The van der Waals surface area contributed by atoms with Gasteiger partial charge in [0.15, 0.2) is 17.8 Å². The molecule has 1 aliphatic rings. The Morgan fingerprint density at radius 3 is 2.69 bits per heavy atom. The van der Waals surface area contributed by atoms with Crippen molar-refractivity contribution in [2.75, 3.05) is 23.8 Å². The predicted octanol–water partition coefficient (Wildman–Crippen LogP) is 4.18. The second kappa shape index (κ2) is 8.56. The number of benzene rings is 1. The number of imidazole rings is 1. The van der Waals surface area contributed by atoms with Crippen molar-refractivity contribution in [2.24, 2.45) is 0 Å². The van der Waals surface area contributed by atoms with Crippen LogP contribution >= 0.6 is 0 Å². The van der Waals surface area contributed by atoms with Crippen molar-refractivity contribution in [3.05, 3.63) is 66.1 Å². The summed E-state index contributed by atoms with van der Waals surface area (Å²) in [5.41, 5.74) is 7.88. The molecule has 0 saturated heterocycles. The van der Waals surface area contributed by atoms with Gasteiger partial charge < -0.3 is 10.2 Å². The zero-order valence-electron chi connectivity index (χ0n) is 20.3. The van der Waals surface area contributed by atoms with Gasteiger partial charge in [-0.1, -0.05) is 17.3 Å². The molecule has 0 bridgehead atoms. The fraction of sp³-hybridized carbons (Fsp3) is 0.231. The Morgan fingerprint density at radius 1 is 1.08 bits per heavy atom. The van der Waals surface area contributed by atoms with E-state index in [9.17, 15) is 4.79 Å². The van der Waals surface area contributed by atoms with E-state index < -0.39 is 0 Å². The maximum atomic E-state index is 11.0. The third kappa shape index (κ3) is 3.49. The minimum atomic E-state index is 0.209. The van der Waals surface area contributed by atoms with E-state index in [1.807, 2.05) is 40.6 Å². The number of carbonyl (C=O) groups is 1. The summed E-state index contributed by atoms with van der Waals surface area (Å²) in [5.74, 6) is 0.808. The lowest BCUT2D eigenvalue weighted by Crippen LogP contribution is -2.17. The summed E-state index contributed by atoms with van der Waals surface area (Å²) in [4.78, 5) is 22.4. The van der Waals surface area contributed by atoms with Crippen molar-refractivity contribution in [3.63, 3.8) is 0 Å². The van der Waals surface area contributed by atoms with Gasteiger partial charge in [-0.05, 0) is 44.0 Å². The third-order valence-corrected chi connectivity index (χ3v) is 6.53. The molecule has 0 aliphatic carbocycles. The lowest BCUT2D eigenvalue weighted by Gasteiger charge is -2.20. The number of nitrogens with one attached hydrogen (secondary N) is 1. The molecular formula is C26H25N9O. The molecule has 180 valence electrons. The Balaban J connectivity index is 1.44. The van der Waals surface area contributed by atoms with Crippen LogP contribution < -0.4 is 10.2 Å². The Hall–Kier alpha value is -4.60. The molecule has 4 aromatic heterocycles. The highest BCUT2D eigenvalue weighted by Crippen LogP contribution is 2.40. The molecule has 10 heteroatoms. The molecule has 0 spiro atoms. The number of aldehydes is 1. The van der Waals surface area contributed by atoms with Gasteiger partial charge in [-0.25, -0.2) is 14.2 Å². The number of hydrogen-bond acceptors (Lipinski definition) is 8. The average Bonchev–Trinajstić information content (AvgIpc) is 3.66. The molecule has 0 saturated carbocycles. The Kier molecular flexibility index (Phi) is 5.21. The van der Waals surface area contributed by atoms with E-state index in [2.05, 4.69) is 56.5 Å². The maximum Gasteiger partial charge on any atom is 0.177 e. The number of anilines is 3. The van der Waals surface area contributed by atoms with Gasteiger partial charge in [0.2, 0.25) is 0 Å². The van der Waals surface area contributed by atoms with E-state index in [0.717, 1.165) is 64.7 Å². The summed E-state index contributed by atoms with van der Waals surface area (Å²) in [6, 6.07) is 12.1. The minimum Gasteiger partial charge on any atom is -0.385 e. The van der Waals surface area contributed by atoms with Crippen LogP contribution in [-0.4, -0.2) is 54.5 Å². The summed E-state index contributed by atoms with van der Waals surface area (Å²) in [5, 5.41) is 16.9. The second-order valence-electron chi connectivity index (χ2n) is 9.02. The van der Waals surface area contributed by atoms with Crippen molar-refractivity contribution in [3.8, 4) is 22.6 Å². The number of fused-ring (bicyclic) bond motifs is 2. The van der Waals surface area contributed by atoms with E-state index in [1.54, 1.807) is 18.5 Å². The molecule has 0 radical (unpaired) electrons. The highest BCUT2D eigenvalue weighted by molar-refractivity contribution is 5.82. The molecule has 6 rings (SSSR count). The van der Waals surface area contributed by atoms with Gasteiger partial charge in [-0.2, -0.15) is 0 Å². The highest BCUT2D eigenvalue weighted by Gasteiger charge is 2.26. The average molecular weight is 480 g/mol. The van der Waals surface area contributed by atoms with Gasteiger partial charge in [-0.3, -0.25) is 9.78 Å². The van der Waals surface area contributed by atoms with Crippen molar-refractivity contribution in [1.29, 1.82) is 0 Å². The molecule has 1 N–H and O–H groups in total. The van der Waals surface area contributed by atoms with Gasteiger partial charge in [-0.15, -0.1) is 10.2 Å². The lowest BCUT2D eigenvalue weighted by atomic mass is 10.0. The molecule has 0 fully saturated rings. The molecule has 5 heterocycles. The number of aromatic nitrogens is 7. The normalized spacial score (nSPS) is 12.9. The standard InChI is InChI=1S/C26H25N9O/c1-16(2)34-14-22(30-32-34)24-13-29-26-21(27-3)11-25(31-35(24)26)33-10-9-19-18(5-4-6-23(19)33)20-8-7-17(15-36)12-28-20/h4-8,11-16,27H,9-10H2,1-3H3. The fourth-order valence-electron chi connectivity index (χ4n) is 4.64. The van der Waals surface area contributed by atoms with Crippen molar-refractivity contribution in [1.82, 2.24) is 34.6 Å². The molecule has 0 amide bonds. The summed E-state index contributed by atoms with van der Waals surface area (Å²) in [7, 11) is 1.88. The van der Waals surface area contributed by atoms with Gasteiger partial charge >= 0.3 is 0 Å². The van der Waals surface area contributed by atoms with E-state index >= 15 is 0 Å². The number of nitrogens with zero attached hydrogens (tertiary/aromatic N) is 8. The maximum absolute atomic E-state index is 11.0. The molecule has 0 unspecified atom stereocenters. The first-order chi connectivity index (χ1) is 17.6. The smallest absolute Gasteiger partial charge is 0.177 e. The predicted molar refractivity (Wildman–Crippen MR) is 138 cm³/mol. The second-order valence-corrected chi connectivity index (χ2v) is 9.02. The van der Waals surface area contributed by atoms with Gasteiger partial charge in [0.1, 0.15) is 11.4 Å². The molecule has 5 aromatic rings. The zero-order chi connectivity index (χ0) is 24.8. The van der Waals surface area contributed by atoms with Crippen LogP contribution in [0.3, 0.4) is 0 Å². The molecule has 10 nitrogen and oxygen atoms in total. The lowest BCUT2D eigenvalue weighted by molar-refractivity contribution is 0.112. The Bertz CT molecular complexity index is 1580. The number of hydrogen-bond donors (Lipinski definition) is 1. The third-order valence-electron chi connectivity index (χ3n) is 6.53. The summed E-state index contributed by atoms with van der Waals surface area (Å²) < 4.78 is 3.66. The first-order valence-corrected chi connectivity index (χ1v) is 11.9. The van der Waals surface area contributed by atoms with Crippen molar-refractivity contribution >= 4 is 29.1 Å². The van der Waals surface area contributed by atoms with Crippen LogP contribution in [0.2, 0.25) is 0 Å². The van der Waals surface area contributed by atoms with Crippen LogP contribution in [0.4, 0.5) is 17.2 Å². The fourth-order valence-corrected chi connectivity index (χ4v) is 4.64. The SMILES string of the molecule is CNc1cc(N2CCc3c(-c4ccc(C=O)cn4)cccc32)nn2c(-c3cn(C(C)C)nn3)cnc12. The van der Waals surface area contributed by atoms with Gasteiger partial charge in [0.05, 0.1) is 23.8 Å². The van der Waals surface area contributed by atoms with E-state index in [1.165, 1.54) is 5.56 Å². The summed E-state index contributed by atoms with van der Waals surface area (Å²) in [6.07, 6.45) is 6.98. The zero-order valence-corrected chi connectivity index (χ0v) is 20.3. The van der Waals surface area contributed by atoms with Gasteiger partial charge in [0, 0.05) is 48.7 Å². The molecule has 0 atom stereocenters. The van der Waals surface area contributed by atoms with Crippen LogP contribution in [-0.2, 0) is 6.42 Å². The number of rotatable bonds is 6. The highest BCUT2D eigenvalue weighted by atomic mass is 16.1. The first-order valence-electron chi connectivity index (χ1n) is 11.9. The topological polar surface area (TPSA) is 106 Å².